The highest BCUT2D eigenvalue weighted by Crippen LogP contribution is 2.22. The molecule has 0 radical (unpaired) electrons. The summed E-state index contributed by atoms with van der Waals surface area (Å²) < 4.78 is 15.9. The first-order valence-electron chi connectivity index (χ1n) is 8.75. The van der Waals surface area contributed by atoms with E-state index in [4.69, 9.17) is 25.8 Å². The zero-order chi connectivity index (χ0) is 19.2. The van der Waals surface area contributed by atoms with Gasteiger partial charge in [-0.1, -0.05) is 11.6 Å². The van der Waals surface area contributed by atoms with Crippen molar-refractivity contribution >= 4 is 23.7 Å². The fourth-order valence-corrected chi connectivity index (χ4v) is 2.65. The van der Waals surface area contributed by atoms with Gasteiger partial charge in [0, 0.05) is 24.5 Å². The lowest BCUT2D eigenvalue weighted by molar-refractivity contribution is -0.155. The molecule has 0 aliphatic carbocycles. The standard InChI is InChI=1S/C19H26ClNO5/c1-19(2,3)26-17(22)9-4-14-12-21(13-14)18(23)25-11-10-24-16-7-5-15(20)6-8-16/h5-8,14H,4,9-13H2,1-3H3. The second kappa shape index (κ2) is 9.12. The number of hydrogen-bond acceptors (Lipinski definition) is 5. The fraction of sp³-hybridized carbons (Fsp3) is 0.579. The average molecular weight is 384 g/mol. The monoisotopic (exact) mass is 383 g/mol. The smallest absolute Gasteiger partial charge is 0.409 e. The predicted octanol–water partition coefficient (Wildman–Crippen LogP) is 3.91. The summed E-state index contributed by atoms with van der Waals surface area (Å²) in [7, 11) is 0. The Labute approximate surface area is 159 Å². The van der Waals surface area contributed by atoms with Crippen LogP contribution in [0.25, 0.3) is 0 Å². The number of carbonyl (C=O) groups excluding carboxylic acids is 2. The summed E-state index contributed by atoms with van der Waals surface area (Å²) in [5.74, 6) is 0.801. The third-order valence-corrected chi connectivity index (χ3v) is 4.04. The Kier molecular flexibility index (Phi) is 7.14. The van der Waals surface area contributed by atoms with Crippen molar-refractivity contribution < 1.29 is 23.8 Å². The van der Waals surface area contributed by atoms with Gasteiger partial charge in [0.15, 0.2) is 0 Å². The number of likely N-dealkylation sites (tertiary alicyclic amines) is 1. The third kappa shape index (κ3) is 7.12. The van der Waals surface area contributed by atoms with Crippen molar-refractivity contribution in [3.05, 3.63) is 29.3 Å². The Balaban J connectivity index is 1.54. The van der Waals surface area contributed by atoms with Crippen LogP contribution in [0.5, 0.6) is 5.75 Å². The molecular weight excluding hydrogens is 358 g/mol. The Morgan fingerprint density at radius 1 is 1.15 bits per heavy atom. The molecule has 1 heterocycles. The van der Waals surface area contributed by atoms with Crippen LogP contribution in [0, 0.1) is 5.92 Å². The number of rotatable bonds is 7. The SMILES string of the molecule is CC(C)(C)OC(=O)CCC1CN(C(=O)OCCOc2ccc(Cl)cc2)C1. The van der Waals surface area contributed by atoms with Crippen LogP contribution >= 0.6 is 11.6 Å². The fourth-order valence-electron chi connectivity index (χ4n) is 2.53. The molecule has 1 saturated heterocycles. The summed E-state index contributed by atoms with van der Waals surface area (Å²) in [6, 6.07) is 6.99. The molecule has 6 nitrogen and oxygen atoms in total. The highest BCUT2D eigenvalue weighted by molar-refractivity contribution is 6.30. The van der Waals surface area contributed by atoms with Crippen molar-refractivity contribution in [1.82, 2.24) is 4.90 Å². The van der Waals surface area contributed by atoms with Gasteiger partial charge < -0.3 is 19.1 Å². The molecule has 26 heavy (non-hydrogen) atoms. The lowest BCUT2D eigenvalue weighted by Crippen LogP contribution is -2.50. The number of hydrogen-bond donors (Lipinski definition) is 0. The molecule has 0 bridgehead atoms. The summed E-state index contributed by atoms with van der Waals surface area (Å²) >= 11 is 5.80. The van der Waals surface area contributed by atoms with Crippen molar-refractivity contribution in [2.75, 3.05) is 26.3 Å². The normalized spacial score (nSPS) is 14.5. The number of halogens is 1. The first kappa shape index (κ1) is 20.4. The van der Waals surface area contributed by atoms with Gasteiger partial charge in [0.25, 0.3) is 0 Å². The highest BCUT2D eigenvalue weighted by atomic mass is 35.5. The van der Waals surface area contributed by atoms with E-state index in [1.807, 2.05) is 20.8 Å². The van der Waals surface area contributed by atoms with Crippen molar-refractivity contribution in [3.63, 3.8) is 0 Å². The molecule has 1 fully saturated rings. The van der Waals surface area contributed by atoms with Gasteiger partial charge in [-0.05, 0) is 57.4 Å². The predicted molar refractivity (Wildman–Crippen MR) is 98.4 cm³/mol. The molecule has 7 heteroatoms. The number of benzene rings is 1. The first-order valence-corrected chi connectivity index (χ1v) is 9.12. The zero-order valence-corrected chi connectivity index (χ0v) is 16.3. The van der Waals surface area contributed by atoms with Crippen LogP contribution in [0.2, 0.25) is 5.02 Å². The number of amides is 1. The van der Waals surface area contributed by atoms with E-state index in [2.05, 4.69) is 0 Å². The molecule has 0 atom stereocenters. The quantitative estimate of drug-likeness (QED) is 0.527. The summed E-state index contributed by atoms with van der Waals surface area (Å²) in [5.41, 5.74) is -0.458. The van der Waals surface area contributed by atoms with Crippen LogP contribution in [0.3, 0.4) is 0 Å². The summed E-state index contributed by atoms with van der Waals surface area (Å²) in [4.78, 5) is 25.2. The maximum atomic E-state index is 11.9. The molecule has 1 amide bonds. The van der Waals surface area contributed by atoms with E-state index in [1.165, 1.54) is 0 Å². The molecular formula is C19H26ClNO5. The Hall–Kier alpha value is -1.95. The topological polar surface area (TPSA) is 65.1 Å². The molecule has 144 valence electrons. The van der Waals surface area contributed by atoms with Gasteiger partial charge in [-0.3, -0.25) is 4.79 Å². The van der Waals surface area contributed by atoms with Gasteiger partial charge in [0.2, 0.25) is 0 Å². The number of nitrogens with zero attached hydrogens (tertiary/aromatic N) is 1. The maximum Gasteiger partial charge on any atom is 0.409 e. The van der Waals surface area contributed by atoms with Gasteiger partial charge in [-0.25, -0.2) is 4.79 Å². The van der Waals surface area contributed by atoms with E-state index in [9.17, 15) is 9.59 Å². The molecule has 1 aliphatic heterocycles. The van der Waals surface area contributed by atoms with Crippen LogP contribution in [0.15, 0.2) is 24.3 Å². The van der Waals surface area contributed by atoms with Gasteiger partial charge in [0.05, 0.1) is 0 Å². The lowest BCUT2D eigenvalue weighted by Gasteiger charge is -2.38. The van der Waals surface area contributed by atoms with Crippen LogP contribution in [-0.2, 0) is 14.3 Å². The van der Waals surface area contributed by atoms with Crippen LogP contribution < -0.4 is 4.74 Å². The average Bonchev–Trinajstić information content (AvgIpc) is 2.50. The van der Waals surface area contributed by atoms with Gasteiger partial charge in [-0.2, -0.15) is 0 Å². The Bertz CT molecular complexity index is 605. The molecule has 1 aromatic rings. The summed E-state index contributed by atoms with van der Waals surface area (Å²) in [6.07, 6.45) is 0.746. The van der Waals surface area contributed by atoms with E-state index < -0.39 is 5.60 Å². The van der Waals surface area contributed by atoms with Crippen LogP contribution in [0.4, 0.5) is 4.79 Å². The molecule has 0 saturated carbocycles. The Morgan fingerprint density at radius 3 is 2.42 bits per heavy atom. The maximum absolute atomic E-state index is 11.9. The third-order valence-electron chi connectivity index (χ3n) is 3.78. The minimum absolute atomic E-state index is 0.181. The van der Waals surface area contributed by atoms with Gasteiger partial charge in [-0.15, -0.1) is 0 Å². The molecule has 0 N–H and O–H groups in total. The molecule has 2 rings (SSSR count). The van der Waals surface area contributed by atoms with E-state index in [-0.39, 0.29) is 25.3 Å². The van der Waals surface area contributed by atoms with E-state index in [0.29, 0.717) is 36.2 Å². The lowest BCUT2D eigenvalue weighted by atomic mass is 9.95. The van der Waals surface area contributed by atoms with Gasteiger partial charge >= 0.3 is 12.1 Å². The van der Waals surface area contributed by atoms with Crippen molar-refractivity contribution in [2.24, 2.45) is 5.92 Å². The molecule has 1 aliphatic rings. The molecule has 0 spiro atoms. The molecule has 0 aromatic heterocycles. The zero-order valence-electron chi connectivity index (χ0n) is 15.5. The largest absolute Gasteiger partial charge is 0.490 e. The summed E-state index contributed by atoms with van der Waals surface area (Å²) in [5, 5.41) is 0.641. The Morgan fingerprint density at radius 2 is 1.81 bits per heavy atom. The van der Waals surface area contributed by atoms with Crippen LogP contribution in [0.1, 0.15) is 33.6 Å². The van der Waals surface area contributed by atoms with E-state index in [1.54, 1.807) is 29.2 Å². The van der Waals surface area contributed by atoms with Gasteiger partial charge in [0.1, 0.15) is 24.6 Å². The second-order valence-corrected chi connectivity index (χ2v) is 7.75. The first-order chi connectivity index (χ1) is 12.2. The highest BCUT2D eigenvalue weighted by Gasteiger charge is 2.32. The minimum Gasteiger partial charge on any atom is -0.490 e. The van der Waals surface area contributed by atoms with Crippen molar-refractivity contribution in [2.45, 2.75) is 39.2 Å². The number of esters is 1. The van der Waals surface area contributed by atoms with Crippen molar-refractivity contribution in [1.29, 1.82) is 0 Å². The van der Waals surface area contributed by atoms with Crippen molar-refractivity contribution in [3.8, 4) is 5.75 Å². The second-order valence-electron chi connectivity index (χ2n) is 7.31. The summed E-state index contributed by atoms with van der Waals surface area (Å²) in [6.45, 7) is 7.23. The van der Waals surface area contributed by atoms with E-state index in [0.717, 1.165) is 6.42 Å². The minimum atomic E-state index is -0.458. The number of ether oxygens (including phenoxy) is 3. The number of carbonyl (C=O) groups is 2. The molecule has 1 aromatic carbocycles. The van der Waals surface area contributed by atoms with E-state index >= 15 is 0 Å². The molecule has 0 unspecified atom stereocenters. The van der Waals surface area contributed by atoms with Crippen LogP contribution in [-0.4, -0.2) is 48.9 Å².